The summed E-state index contributed by atoms with van der Waals surface area (Å²) in [5.74, 6) is 0.313. The first-order chi connectivity index (χ1) is 19.8. The largest absolute Gasteiger partial charge is 0.351 e. The maximum absolute atomic E-state index is 13.6. The van der Waals surface area contributed by atoms with E-state index < -0.39 is 10.0 Å². The zero-order chi connectivity index (χ0) is 29.0. The van der Waals surface area contributed by atoms with Gasteiger partial charge in [0.2, 0.25) is 10.0 Å². The number of benzene rings is 2. The average Bonchev–Trinajstić information content (AvgIpc) is 3.57. The van der Waals surface area contributed by atoms with Crippen LogP contribution in [0.15, 0.2) is 75.6 Å². The lowest BCUT2D eigenvalue weighted by molar-refractivity contribution is -0.113. The monoisotopic (exact) mass is 591 g/mol. The van der Waals surface area contributed by atoms with Crippen molar-refractivity contribution in [1.29, 1.82) is 0 Å². The molecule has 0 radical (unpaired) electrons. The molecule has 0 aliphatic carbocycles. The van der Waals surface area contributed by atoms with Gasteiger partial charge in [-0.3, -0.25) is 4.79 Å². The number of thioether (sulfide) groups is 1. The number of carbonyl (C=O) groups excluding carboxylic acids is 1. The van der Waals surface area contributed by atoms with Crippen molar-refractivity contribution in [2.45, 2.75) is 51.3 Å². The summed E-state index contributed by atoms with van der Waals surface area (Å²) in [4.78, 5) is 20.4. The van der Waals surface area contributed by atoms with Gasteiger partial charge in [-0.15, -0.1) is 0 Å². The van der Waals surface area contributed by atoms with Crippen LogP contribution in [0.4, 0.5) is 0 Å². The molecule has 216 valence electrons. The summed E-state index contributed by atoms with van der Waals surface area (Å²) in [7, 11) is -3.67. The molecular formula is C31H37N5O3S2. The number of piperidine rings is 1. The molecule has 10 heteroatoms. The third kappa shape index (κ3) is 6.50. The van der Waals surface area contributed by atoms with Crippen molar-refractivity contribution in [1.82, 2.24) is 19.0 Å². The van der Waals surface area contributed by atoms with Crippen molar-refractivity contribution in [2.24, 2.45) is 10.9 Å². The zero-order valence-electron chi connectivity index (χ0n) is 23.9. The van der Waals surface area contributed by atoms with Gasteiger partial charge in [-0.1, -0.05) is 51.1 Å². The van der Waals surface area contributed by atoms with Crippen molar-refractivity contribution >= 4 is 38.9 Å². The predicted octanol–water partition coefficient (Wildman–Crippen LogP) is 6.05. The molecule has 5 rings (SSSR count). The molecule has 41 heavy (non-hydrogen) atoms. The molecule has 1 saturated heterocycles. The predicted molar refractivity (Wildman–Crippen MR) is 166 cm³/mol. The van der Waals surface area contributed by atoms with Gasteiger partial charge in [-0.25, -0.2) is 13.1 Å². The topological polar surface area (TPSA) is 87.9 Å². The number of rotatable bonds is 9. The molecule has 2 aliphatic rings. The van der Waals surface area contributed by atoms with Crippen LogP contribution >= 0.6 is 11.8 Å². The lowest BCUT2D eigenvalue weighted by Gasteiger charge is -2.31. The minimum atomic E-state index is -3.67. The van der Waals surface area contributed by atoms with E-state index in [0.717, 1.165) is 48.8 Å². The van der Waals surface area contributed by atoms with Gasteiger partial charge in [0.05, 0.1) is 15.5 Å². The van der Waals surface area contributed by atoms with Crippen LogP contribution in [0.2, 0.25) is 0 Å². The molecule has 1 fully saturated rings. The van der Waals surface area contributed by atoms with Gasteiger partial charge in [-0.2, -0.15) is 14.4 Å². The molecular weight excluding hydrogens is 555 g/mol. The zero-order valence-corrected chi connectivity index (χ0v) is 25.5. The number of hydrogen-bond donors (Lipinski definition) is 0. The average molecular weight is 592 g/mol. The van der Waals surface area contributed by atoms with E-state index in [9.17, 15) is 13.2 Å². The number of nitrogens with zero attached hydrogens (tertiary/aromatic N) is 5. The van der Waals surface area contributed by atoms with Crippen LogP contribution in [0, 0.1) is 5.92 Å². The summed E-state index contributed by atoms with van der Waals surface area (Å²) >= 11 is 1.40. The van der Waals surface area contributed by atoms with E-state index >= 15 is 0 Å². The summed E-state index contributed by atoms with van der Waals surface area (Å²) in [6, 6.07) is 16.7. The van der Waals surface area contributed by atoms with E-state index in [2.05, 4.69) is 16.8 Å². The fraction of sp³-hybridized carbons (Fsp3) is 0.387. The van der Waals surface area contributed by atoms with E-state index in [1.807, 2.05) is 62.5 Å². The van der Waals surface area contributed by atoms with E-state index in [1.165, 1.54) is 18.2 Å². The van der Waals surface area contributed by atoms with E-state index in [-0.39, 0.29) is 10.8 Å². The molecule has 2 aromatic carbocycles. The number of carbonyl (C=O) groups is 1. The molecule has 3 aromatic rings. The van der Waals surface area contributed by atoms with Crippen molar-refractivity contribution in [3.05, 3.63) is 71.3 Å². The van der Waals surface area contributed by atoms with E-state index in [0.29, 0.717) is 35.2 Å². The Labute approximate surface area is 247 Å². The fourth-order valence-corrected chi connectivity index (χ4v) is 7.88. The molecule has 1 aromatic heterocycles. The summed E-state index contributed by atoms with van der Waals surface area (Å²) in [6.45, 7) is 8.94. The normalized spacial score (nSPS) is 18.9. The van der Waals surface area contributed by atoms with Crippen molar-refractivity contribution in [2.75, 3.05) is 26.2 Å². The lowest BCUT2D eigenvalue weighted by Crippen LogP contribution is -2.37. The summed E-state index contributed by atoms with van der Waals surface area (Å²) in [5, 5.41) is 5.63. The fourth-order valence-electron chi connectivity index (χ4n) is 5.27. The highest BCUT2D eigenvalue weighted by Crippen LogP contribution is 2.35. The van der Waals surface area contributed by atoms with Gasteiger partial charge in [0.25, 0.3) is 5.91 Å². The molecule has 1 amide bonds. The second kappa shape index (κ2) is 12.8. The summed E-state index contributed by atoms with van der Waals surface area (Å²) in [5.41, 5.74) is 2.86. The van der Waals surface area contributed by atoms with Gasteiger partial charge in [-0.05, 0) is 73.7 Å². The Bertz CT molecular complexity index is 1560. The number of aromatic nitrogens is 2. The second-order valence-corrected chi connectivity index (χ2v) is 13.6. The number of para-hydroxylation sites is 1. The SMILES string of the molecule is CCCN(CCC)S(=O)(=O)c1cccc(-c2nn(-c3ccccc3)cc2/C=C2\SC(N3CCCC(C)C3)=NC2=O)c1. The molecule has 3 heterocycles. The quantitative estimate of drug-likeness (QED) is 0.282. The highest BCUT2D eigenvalue weighted by molar-refractivity contribution is 8.18. The second-order valence-electron chi connectivity index (χ2n) is 10.6. The molecule has 8 nitrogen and oxygen atoms in total. The highest BCUT2D eigenvalue weighted by atomic mass is 32.2. The van der Waals surface area contributed by atoms with Gasteiger partial charge >= 0.3 is 0 Å². The maximum Gasteiger partial charge on any atom is 0.286 e. The Balaban J connectivity index is 1.53. The van der Waals surface area contributed by atoms with Crippen LogP contribution in [0.5, 0.6) is 0 Å². The van der Waals surface area contributed by atoms with Crippen molar-refractivity contribution in [3.8, 4) is 16.9 Å². The van der Waals surface area contributed by atoms with Gasteiger partial charge < -0.3 is 4.90 Å². The van der Waals surface area contributed by atoms with Crippen LogP contribution in [0.25, 0.3) is 23.0 Å². The molecule has 0 saturated carbocycles. The number of aliphatic imine (C=N–C) groups is 1. The van der Waals surface area contributed by atoms with E-state index in [1.54, 1.807) is 27.2 Å². The van der Waals surface area contributed by atoms with Crippen molar-refractivity contribution < 1.29 is 13.2 Å². The number of sulfonamides is 1. The smallest absolute Gasteiger partial charge is 0.286 e. The number of amidine groups is 1. The Hall–Kier alpha value is -3.21. The first-order valence-electron chi connectivity index (χ1n) is 14.3. The molecule has 1 unspecified atom stereocenters. The van der Waals surface area contributed by atoms with Crippen molar-refractivity contribution in [3.63, 3.8) is 0 Å². The molecule has 0 bridgehead atoms. The van der Waals surface area contributed by atoms with Gasteiger partial charge in [0.1, 0.15) is 5.69 Å². The van der Waals surface area contributed by atoms with Gasteiger partial charge in [0, 0.05) is 43.5 Å². The molecule has 2 aliphatic heterocycles. The molecule has 1 atom stereocenters. The minimum Gasteiger partial charge on any atom is -0.351 e. The third-order valence-electron chi connectivity index (χ3n) is 7.28. The molecule has 0 spiro atoms. The number of likely N-dealkylation sites (tertiary alicyclic amines) is 1. The number of amides is 1. The Kier molecular flexibility index (Phi) is 9.11. The first-order valence-corrected chi connectivity index (χ1v) is 16.6. The van der Waals surface area contributed by atoms with Crippen LogP contribution in [0.1, 0.15) is 52.0 Å². The Morgan fingerprint density at radius 2 is 1.83 bits per heavy atom. The van der Waals surface area contributed by atoms with Crippen LogP contribution in [-0.2, 0) is 14.8 Å². The minimum absolute atomic E-state index is 0.237. The Morgan fingerprint density at radius 1 is 1.07 bits per heavy atom. The summed E-state index contributed by atoms with van der Waals surface area (Å²) < 4.78 is 30.4. The maximum atomic E-state index is 13.6. The Morgan fingerprint density at radius 3 is 2.54 bits per heavy atom. The standard InChI is InChI=1S/C31H37N5O3S2/c1-4-16-35(17-5-2)41(38,39)27-15-9-12-24(19-27)29-25(22-36(33-29)26-13-7-6-8-14-26)20-28-30(37)32-31(40-28)34-18-10-11-23(3)21-34/h6-9,12-15,19-20,22-23H,4-5,10-11,16-18,21H2,1-3H3/b28-20-. The molecule has 0 N–H and O–H groups in total. The summed E-state index contributed by atoms with van der Waals surface area (Å²) in [6.07, 6.45) is 7.48. The highest BCUT2D eigenvalue weighted by Gasteiger charge is 2.29. The van der Waals surface area contributed by atoms with Crippen LogP contribution in [0.3, 0.4) is 0 Å². The van der Waals surface area contributed by atoms with Crippen LogP contribution in [-0.4, -0.2) is 64.7 Å². The lowest BCUT2D eigenvalue weighted by atomic mass is 10.0. The first kappa shape index (κ1) is 29.3. The number of hydrogen-bond acceptors (Lipinski definition) is 6. The van der Waals surface area contributed by atoms with E-state index in [4.69, 9.17) is 5.10 Å². The van der Waals surface area contributed by atoms with Gasteiger partial charge in [0.15, 0.2) is 5.17 Å². The van der Waals surface area contributed by atoms with Crippen LogP contribution < -0.4 is 0 Å². The third-order valence-corrected chi connectivity index (χ3v) is 10.2.